The van der Waals surface area contributed by atoms with Crippen LogP contribution in [-0.4, -0.2) is 133 Å². The third-order valence-corrected chi connectivity index (χ3v) is 8.46. The highest BCUT2D eigenvalue weighted by Crippen LogP contribution is 2.46. The standard InChI is InChI=1S/C19H22BrN.B18/c1-18(2)9-10-19(3,4)16-11-13(5-7-15(16)18)17-8-6-14(20)12-21-17;1-11(2)16(12(3)4)18(15(9)10)17(13(5)6)14(7)8/h5-8,11-12H,9-10H2,1-4H3;. The number of aromatic nitrogens is 1. The normalized spacial score (nSPS) is 14.5. The lowest BCUT2D eigenvalue weighted by Crippen LogP contribution is -2.78. The van der Waals surface area contributed by atoms with Crippen LogP contribution in [0, 0.1) is 0 Å². The largest absolute Gasteiger partial charge is 0.255 e. The second-order valence-electron chi connectivity index (χ2n) is 12.0. The molecule has 1 aliphatic rings. The van der Waals surface area contributed by atoms with Crippen molar-refractivity contribution < 1.29 is 0 Å². The first-order valence-corrected chi connectivity index (χ1v) is 14.0. The van der Waals surface area contributed by atoms with Gasteiger partial charge in [0.15, 0.2) is 0 Å². The van der Waals surface area contributed by atoms with Gasteiger partial charge in [0.25, 0.3) is 0 Å². The summed E-state index contributed by atoms with van der Waals surface area (Å²) in [4.78, 5) is 4.53. The molecule has 0 bridgehead atoms. The van der Waals surface area contributed by atoms with Crippen molar-refractivity contribution in [3.63, 3.8) is 0 Å². The van der Waals surface area contributed by atoms with Crippen molar-refractivity contribution in [3.05, 3.63) is 52.1 Å². The summed E-state index contributed by atoms with van der Waals surface area (Å²) < 4.78 is 1.02. The molecule has 0 unspecified atom stereocenters. The van der Waals surface area contributed by atoms with E-state index in [9.17, 15) is 0 Å². The van der Waals surface area contributed by atoms with Crippen molar-refractivity contribution in [2.24, 2.45) is 0 Å². The molecular weight excluding hydrogens is 517 g/mol. The summed E-state index contributed by atoms with van der Waals surface area (Å²) in [7, 11) is 56.7. The number of nitrogens with zero attached hydrogens (tertiary/aromatic N) is 1. The second-order valence-corrected chi connectivity index (χ2v) is 12.9. The third kappa shape index (κ3) is 9.00. The van der Waals surface area contributed by atoms with Gasteiger partial charge in [-0.1, -0.05) is 39.8 Å². The second kappa shape index (κ2) is 14.5. The highest BCUT2D eigenvalue weighted by Gasteiger charge is 2.42. The van der Waals surface area contributed by atoms with E-state index in [1.165, 1.54) is 29.5 Å². The predicted octanol–water partition coefficient (Wildman–Crippen LogP) is -0.994. The predicted molar refractivity (Wildman–Crippen MR) is 196 cm³/mol. The van der Waals surface area contributed by atoms with Crippen molar-refractivity contribution in [1.29, 1.82) is 0 Å². The van der Waals surface area contributed by atoms with Crippen LogP contribution in [0.1, 0.15) is 51.7 Å². The molecule has 0 N–H and O–H groups in total. The van der Waals surface area contributed by atoms with E-state index in [1.54, 1.807) is 0 Å². The SMILES string of the molecule is CC1(C)CCC(C)(C)c2cc(-c3ccc(Br)cn3)ccc21.[B]B([B])B(B([B])[B])B(B([B])[B])B(B([B])[B])B([B])[B]. The minimum absolute atomic E-state index is 0.246. The molecule has 0 fully saturated rings. The Morgan fingerprint density at radius 3 is 1.44 bits per heavy atom. The van der Waals surface area contributed by atoms with Gasteiger partial charge >= 0.3 is 0 Å². The molecule has 0 aliphatic heterocycles. The van der Waals surface area contributed by atoms with E-state index in [1.807, 2.05) is 6.20 Å². The monoisotopic (exact) mass is 541 g/mol. The molecule has 0 amide bonds. The van der Waals surface area contributed by atoms with E-state index in [0.717, 1.165) is 10.2 Å². The Kier molecular flexibility index (Phi) is 13.1. The van der Waals surface area contributed by atoms with Gasteiger partial charge in [0.2, 0.25) is 0 Å². The van der Waals surface area contributed by atoms with Crippen molar-refractivity contribution in [1.82, 2.24) is 4.98 Å². The van der Waals surface area contributed by atoms with Crippen LogP contribution < -0.4 is 0 Å². The lowest BCUT2D eigenvalue weighted by atomic mass is 8.41. The zero-order chi connectivity index (χ0) is 29.9. The molecule has 1 aromatic heterocycles. The first-order valence-electron chi connectivity index (χ1n) is 13.2. The Labute approximate surface area is 262 Å². The number of benzene rings is 1. The van der Waals surface area contributed by atoms with Gasteiger partial charge < -0.3 is 0 Å². The van der Waals surface area contributed by atoms with Gasteiger partial charge in [-0.15, -0.1) is 0 Å². The highest BCUT2D eigenvalue weighted by atomic mass is 79.9. The number of rotatable bonds is 8. The van der Waals surface area contributed by atoms with Crippen LogP contribution in [0.25, 0.3) is 11.3 Å². The Morgan fingerprint density at radius 2 is 1.05 bits per heavy atom. The zero-order valence-electron chi connectivity index (χ0n) is 23.6. The third-order valence-electron chi connectivity index (χ3n) is 7.99. The molecule has 1 aliphatic carbocycles. The van der Waals surface area contributed by atoms with Gasteiger partial charge in [-0.25, -0.2) is 0 Å². The average molecular weight is 539 g/mol. The first kappa shape index (κ1) is 35.2. The Balaban J connectivity index is 0.000000278. The fourth-order valence-corrected chi connectivity index (χ4v) is 5.84. The van der Waals surface area contributed by atoms with Crippen molar-refractivity contribution in [2.75, 3.05) is 0 Å². The number of hydrogen-bond donors (Lipinski definition) is 0. The molecule has 1 nitrogen and oxygen atoms in total. The topological polar surface area (TPSA) is 12.9 Å². The molecule has 20 heteroatoms. The van der Waals surface area contributed by atoms with E-state index in [2.05, 4.69) is 78.9 Å². The lowest BCUT2D eigenvalue weighted by Gasteiger charge is -2.42. The molecule has 0 saturated heterocycles. The Morgan fingerprint density at radius 1 is 0.615 bits per heavy atom. The summed E-state index contributed by atoms with van der Waals surface area (Å²) in [6.07, 6.45) is -1.68. The summed E-state index contributed by atoms with van der Waals surface area (Å²) in [5.41, 5.74) is 5.76. The molecule has 2 aromatic rings. The van der Waals surface area contributed by atoms with E-state index in [0.29, 0.717) is 0 Å². The van der Waals surface area contributed by atoms with Crippen LogP contribution in [0.5, 0.6) is 0 Å². The molecule has 0 saturated carbocycles. The van der Waals surface area contributed by atoms with E-state index < -0.39 is 51.1 Å². The molecular formula is C19H22B18BrN. The van der Waals surface area contributed by atoms with Crippen LogP contribution in [-0.2, 0) is 10.8 Å². The summed E-state index contributed by atoms with van der Waals surface area (Å²) in [6.45, 7) is 9.44. The van der Waals surface area contributed by atoms with Gasteiger partial charge in [-0.2, -0.15) is 0 Å². The maximum Gasteiger partial charge on any atom is 0.0702 e. The number of halogens is 1. The number of pyridine rings is 1. The Bertz CT molecular complexity index is 1030. The van der Waals surface area contributed by atoms with Gasteiger partial charge in [0.05, 0.1) is 5.69 Å². The van der Waals surface area contributed by atoms with Crippen LogP contribution in [0.15, 0.2) is 41.0 Å². The van der Waals surface area contributed by atoms with E-state index in [-0.39, 0.29) is 10.8 Å². The summed E-state index contributed by atoms with van der Waals surface area (Å²) in [5, 5.41) is 0. The van der Waals surface area contributed by atoms with Crippen LogP contribution in [0.3, 0.4) is 0 Å². The summed E-state index contributed by atoms with van der Waals surface area (Å²) >= 11 is 3.45. The maximum absolute atomic E-state index is 5.72. The van der Waals surface area contributed by atoms with Crippen molar-refractivity contribution in [3.8, 4) is 11.3 Å². The minimum atomic E-state index is -0.853. The van der Waals surface area contributed by atoms with Crippen LogP contribution >= 0.6 is 15.9 Å². The van der Waals surface area contributed by atoms with Crippen LogP contribution in [0.4, 0.5) is 0 Å². The minimum Gasteiger partial charge on any atom is -0.255 e. The molecule has 39 heavy (non-hydrogen) atoms. The first-order chi connectivity index (χ1) is 17.9. The number of hydrogen-bond acceptors (Lipinski definition) is 1. The Hall–Kier alpha value is 0.0188. The fourth-order valence-electron chi connectivity index (χ4n) is 5.60. The van der Waals surface area contributed by atoms with Gasteiger partial charge in [0.1, 0.15) is 0 Å². The summed E-state index contributed by atoms with van der Waals surface area (Å²) in [6, 6.07) is 11.0. The average Bonchev–Trinajstić information content (AvgIpc) is 2.81. The molecule has 1 heterocycles. The van der Waals surface area contributed by atoms with E-state index >= 15 is 0 Å². The molecule has 1 aromatic carbocycles. The fraction of sp³-hybridized carbons (Fsp3) is 0.421. The van der Waals surface area contributed by atoms with E-state index in [4.69, 9.17) is 77.4 Å². The number of fused-ring (bicyclic) bond motifs is 1. The van der Waals surface area contributed by atoms with Gasteiger partial charge in [-0.3, -0.25) is 4.98 Å². The van der Waals surface area contributed by atoms with Gasteiger partial charge in [-0.05, 0) is 68.9 Å². The highest BCUT2D eigenvalue weighted by molar-refractivity contribution is 9.10. The summed E-state index contributed by atoms with van der Waals surface area (Å²) in [5.74, 6) is 0. The van der Waals surface area contributed by atoms with Gasteiger partial charge in [0, 0.05) is 145 Å². The quantitative estimate of drug-likeness (QED) is 0.393. The van der Waals surface area contributed by atoms with Crippen LogP contribution in [0.2, 0.25) is 0 Å². The molecule has 3 rings (SSSR count). The molecule has 0 atom stereocenters. The lowest BCUT2D eigenvalue weighted by molar-refractivity contribution is 0.332. The molecule has 164 valence electrons. The molecule has 0 spiro atoms. The maximum atomic E-state index is 5.72. The van der Waals surface area contributed by atoms with Crippen molar-refractivity contribution >= 4 is 144 Å². The zero-order valence-corrected chi connectivity index (χ0v) is 25.2. The van der Waals surface area contributed by atoms with Crippen molar-refractivity contribution in [2.45, 2.75) is 51.4 Å². The molecule has 20 radical (unpaired) electrons. The smallest absolute Gasteiger partial charge is 0.0702 e.